The number of ether oxygens (including phenoxy) is 1. The third-order valence-corrected chi connectivity index (χ3v) is 5.73. The number of rotatable bonds is 5. The van der Waals surface area contributed by atoms with Crippen molar-refractivity contribution in [3.63, 3.8) is 0 Å². The van der Waals surface area contributed by atoms with Crippen LogP contribution in [0.25, 0.3) is 11.1 Å². The Kier molecular flexibility index (Phi) is 7.23. The number of carbonyl (C=O) groups is 2. The SMILES string of the molecule is Cc1cc(-c2ccccc2)cc(C(=O)NNSC2CCN(C(=O)OC(C)(C)C)C2)c1F. The Labute approximate surface area is 186 Å². The lowest BCUT2D eigenvalue weighted by atomic mass is 9.99. The zero-order valence-electron chi connectivity index (χ0n) is 18.2. The molecule has 166 valence electrons. The maximum Gasteiger partial charge on any atom is 0.410 e. The molecule has 2 amide bonds. The lowest BCUT2D eigenvalue weighted by Crippen LogP contribution is -2.37. The number of hydrazine groups is 1. The first-order valence-corrected chi connectivity index (χ1v) is 11.1. The number of halogens is 1. The van der Waals surface area contributed by atoms with Crippen molar-refractivity contribution in [1.29, 1.82) is 0 Å². The molecule has 0 bridgehead atoms. The van der Waals surface area contributed by atoms with Crippen LogP contribution >= 0.6 is 11.9 Å². The quantitative estimate of drug-likeness (QED) is 0.516. The second-order valence-corrected chi connectivity index (χ2v) is 9.64. The number of amides is 2. The minimum absolute atomic E-state index is 0.0197. The molecule has 1 aliphatic heterocycles. The van der Waals surface area contributed by atoms with Gasteiger partial charge in [0.05, 0.1) is 5.56 Å². The lowest BCUT2D eigenvalue weighted by molar-refractivity contribution is 0.0295. The van der Waals surface area contributed by atoms with Crippen LogP contribution < -0.4 is 10.3 Å². The number of nitrogens with zero attached hydrogens (tertiary/aromatic N) is 1. The molecule has 1 heterocycles. The standard InChI is InChI=1S/C23H28FN3O3S/c1-15-12-17(16-8-6-5-7-9-16)13-19(20(15)24)21(28)25-26-31-18-10-11-27(14-18)22(29)30-23(2,3)4/h5-9,12-13,18,26H,10-11,14H2,1-4H3,(H,25,28). The summed E-state index contributed by atoms with van der Waals surface area (Å²) in [5, 5.41) is 0.0926. The van der Waals surface area contributed by atoms with Gasteiger partial charge in [0.2, 0.25) is 0 Å². The van der Waals surface area contributed by atoms with E-state index in [4.69, 9.17) is 4.74 Å². The number of hydrogen-bond donors (Lipinski definition) is 2. The number of benzene rings is 2. The summed E-state index contributed by atoms with van der Waals surface area (Å²) in [4.78, 5) is 29.2. The van der Waals surface area contributed by atoms with E-state index in [1.807, 2.05) is 51.1 Å². The van der Waals surface area contributed by atoms with Crippen molar-refractivity contribution in [3.8, 4) is 11.1 Å². The van der Waals surface area contributed by atoms with Gasteiger partial charge in [-0.1, -0.05) is 42.3 Å². The van der Waals surface area contributed by atoms with E-state index in [-0.39, 0.29) is 16.9 Å². The zero-order chi connectivity index (χ0) is 22.6. The summed E-state index contributed by atoms with van der Waals surface area (Å²) in [7, 11) is 0. The molecule has 2 aromatic carbocycles. The molecule has 1 fully saturated rings. The van der Waals surface area contributed by atoms with Crippen molar-refractivity contribution >= 4 is 23.9 Å². The topological polar surface area (TPSA) is 70.7 Å². The van der Waals surface area contributed by atoms with E-state index in [1.54, 1.807) is 24.0 Å². The number of likely N-dealkylation sites (tertiary alicyclic amines) is 1. The highest BCUT2D eigenvalue weighted by atomic mass is 32.2. The molecule has 0 radical (unpaired) electrons. The molecule has 0 saturated carbocycles. The summed E-state index contributed by atoms with van der Waals surface area (Å²) in [5.74, 6) is -1.09. The van der Waals surface area contributed by atoms with Crippen molar-refractivity contribution in [2.24, 2.45) is 0 Å². The van der Waals surface area contributed by atoms with Gasteiger partial charge in [-0.25, -0.2) is 9.18 Å². The first-order chi connectivity index (χ1) is 14.6. The van der Waals surface area contributed by atoms with Gasteiger partial charge >= 0.3 is 6.09 Å². The minimum atomic E-state index is -0.548. The van der Waals surface area contributed by atoms with Gasteiger partial charge in [-0.15, -0.1) is 0 Å². The van der Waals surface area contributed by atoms with Gasteiger partial charge < -0.3 is 9.64 Å². The average molecular weight is 446 g/mol. The Morgan fingerprint density at radius 1 is 1.16 bits per heavy atom. The van der Waals surface area contributed by atoms with Gasteiger partial charge in [0.15, 0.2) is 0 Å². The van der Waals surface area contributed by atoms with Gasteiger partial charge in [-0.3, -0.25) is 10.2 Å². The Morgan fingerprint density at radius 2 is 1.87 bits per heavy atom. The van der Waals surface area contributed by atoms with E-state index in [1.165, 1.54) is 11.9 Å². The van der Waals surface area contributed by atoms with Crippen molar-refractivity contribution in [2.75, 3.05) is 13.1 Å². The third-order valence-electron chi connectivity index (χ3n) is 4.79. The molecule has 1 aliphatic rings. The van der Waals surface area contributed by atoms with Crippen LogP contribution in [0, 0.1) is 12.7 Å². The monoisotopic (exact) mass is 445 g/mol. The Bertz CT molecular complexity index is 947. The Balaban J connectivity index is 1.56. The smallest absolute Gasteiger partial charge is 0.410 e. The molecule has 0 spiro atoms. The van der Waals surface area contributed by atoms with Crippen LogP contribution in [-0.2, 0) is 4.74 Å². The molecule has 6 nitrogen and oxygen atoms in total. The molecule has 0 aliphatic carbocycles. The fourth-order valence-electron chi connectivity index (χ4n) is 3.28. The predicted molar refractivity (Wildman–Crippen MR) is 121 cm³/mol. The fraction of sp³-hybridized carbons (Fsp3) is 0.391. The molecule has 8 heteroatoms. The predicted octanol–water partition coefficient (Wildman–Crippen LogP) is 4.69. The minimum Gasteiger partial charge on any atom is -0.444 e. The van der Waals surface area contributed by atoms with Crippen LogP contribution in [0.2, 0.25) is 0 Å². The first-order valence-electron chi connectivity index (χ1n) is 10.2. The average Bonchev–Trinajstić information content (AvgIpc) is 3.18. The van der Waals surface area contributed by atoms with Gasteiger partial charge in [0, 0.05) is 18.3 Å². The molecular weight excluding hydrogens is 417 g/mol. The van der Waals surface area contributed by atoms with E-state index in [0.717, 1.165) is 17.5 Å². The Hall–Kier alpha value is -2.58. The molecule has 2 N–H and O–H groups in total. The summed E-state index contributed by atoms with van der Waals surface area (Å²) in [6.45, 7) is 8.24. The zero-order valence-corrected chi connectivity index (χ0v) is 19.0. The van der Waals surface area contributed by atoms with Gasteiger partial charge in [-0.05, 0) is 62.9 Å². The fourth-order valence-corrected chi connectivity index (χ4v) is 4.07. The first kappa shape index (κ1) is 23.1. The molecule has 3 rings (SSSR count). The van der Waals surface area contributed by atoms with Crippen LogP contribution in [-0.4, -0.2) is 40.8 Å². The normalized spacial score (nSPS) is 16.3. The van der Waals surface area contributed by atoms with Crippen LogP contribution in [0.3, 0.4) is 0 Å². The van der Waals surface area contributed by atoms with Gasteiger partial charge in [-0.2, -0.15) is 4.83 Å². The molecule has 1 unspecified atom stereocenters. The molecule has 1 saturated heterocycles. The maximum atomic E-state index is 14.6. The van der Waals surface area contributed by atoms with Crippen LogP contribution in [0.4, 0.5) is 9.18 Å². The number of nitrogens with one attached hydrogen (secondary N) is 2. The van der Waals surface area contributed by atoms with Crippen molar-refractivity contribution in [2.45, 2.75) is 45.0 Å². The van der Waals surface area contributed by atoms with Crippen molar-refractivity contribution in [3.05, 3.63) is 59.4 Å². The highest BCUT2D eigenvalue weighted by molar-refractivity contribution is 7.98. The van der Waals surface area contributed by atoms with Crippen LogP contribution in [0.5, 0.6) is 0 Å². The second-order valence-electron chi connectivity index (χ2n) is 8.53. The highest BCUT2D eigenvalue weighted by Gasteiger charge is 2.30. The second kappa shape index (κ2) is 9.70. The third kappa shape index (κ3) is 6.21. The van der Waals surface area contributed by atoms with E-state index in [2.05, 4.69) is 10.3 Å². The van der Waals surface area contributed by atoms with E-state index in [0.29, 0.717) is 18.7 Å². The summed E-state index contributed by atoms with van der Waals surface area (Å²) in [5.41, 5.74) is 4.09. The van der Waals surface area contributed by atoms with Crippen molar-refractivity contribution in [1.82, 2.24) is 15.2 Å². The Morgan fingerprint density at radius 3 is 2.55 bits per heavy atom. The summed E-state index contributed by atoms with van der Waals surface area (Å²) < 4.78 is 20.0. The summed E-state index contributed by atoms with van der Waals surface area (Å²) in [6, 6.07) is 12.8. The molecule has 0 aromatic heterocycles. The van der Waals surface area contributed by atoms with Gasteiger partial charge in [0.25, 0.3) is 5.91 Å². The van der Waals surface area contributed by atoms with Crippen LogP contribution in [0.15, 0.2) is 42.5 Å². The number of carbonyl (C=O) groups excluding carboxylic acids is 2. The molecule has 1 atom stereocenters. The van der Waals surface area contributed by atoms with E-state index in [9.17, 15) is 14.0 Å². The maximum absolute atomic E-state index is 14.6. The van der Waals surface area contributed by atoms with E-state index >= 15 is 0 Å². The van der Waals surface area contributed by atoms with Crippen molar-refractivity contribution < 1.29 is 18.7 Å². The molecule has 2 aromatic rings. The molecular formula is C23H28FN3O3S. The highest BCUT2D eigenvalue weighted by Crippen LogP contribution is 2.25. The number of hydrogen-bond acceptors (Lipinski definition) is 5. The summed E-state index contributed by atoms with van der Waals surface area (Å²) in [6.07, 6.45) is 0.430. The lowest BCUT2D eigenvalue weighted by Gasteiger charge is -2.24. The molecule has 31 heavy (non-hydrogen) atoms. The van der Waals surface area contributed by atoms with Crippen LogP contribution in [0.1, 0.15) is 43.1 Å². The number of aryl methyl sites for hydroxylation is 1. The van der Waals surface area contributed by atoms with E-state index < -0.39 is 17.3 Å². The summed E-state index contributed by atoms with van der Waals surface area (Å²) >= 11 is 1.30. The largest absolute Gasteiger partial charge is 0.444 e. The van der Waals surface area contributed by atoms with Gasteiger partial charge in [0.1, 0.15) is 11.4 Å².